The first-order chi connectivity index (χ1) is 12.1. The third-order valence-corrected chi connectivity index (χ3v) is 5.51. The molecule has 1 amide bonds. The first-order valence-corrected chi connectivity index (χ1v) is 8.71. The van der Waals surface area contributed by atoms with E-state index in [2.05, 4.69) is 9.88 Å². The van der Waals surface area contributed by atoms with Gasteiger partial charge in [-0.15, -0.1) is 0 Å². The average molecular weight is 347 g/mol. The molecule has 0 spiro atoms. The standard InChI is InChI=1S/C18H25N3O4/c1-25-10-9-20-11-15-12-21(16(22)14-3-6-19-7-4-14)8-2-5-18(15,13-20)17(23)24/h3-4,6-7,15H,2,5,8-13H2,1H3,(H,23,24)/t15-,18+/m1/s1. The second-order valence-corrected chi connectivity index (χ2v) is 6.98. The number of hydrogen-bond donors (Lipinski definition) is 1. The molecule has 3 rings (SSSR count). The molecule has 7 nitrogen and oxygen atoms in total. The molecule has 136 valence electrons. The van der Waals surface area contributed by atoms with Gasteiger partial charge in [0.2, 0.25) is 0 Å². The molecule has 1 aromatic rings. The van der Waals surface area contributed by atoms with Crippen molar-refractivity contribution in [3.8, 4) is 0 Å². The Balaban J connectivity index is 1.78. The van der Waals surface area contributed by atoms with E-state index in [1.165, 1.54) is 0 Å². The van der Waals surface area contributed by atoms with Gasteiger partial charge in [-0.05, 0) is 25.0 Å². The predicted molar refractivity (Wildman–Crippen MR) is 91.2 cm³/mol. The van der Waals surface area contributed by atoms with Crippen LogP contribution >= 0.6 is 0 Å². The molecule has 0 aliphatic carbocycles. The number of aromatic nitrogens is 1. The largest absolute Gasteiger partial charge is 0.481 e. The minimum Gasteiger partial charge on any atom is -0.481 e. The van der Waals surface area contributed by atoms with E-state index in [0.29, 0.717) is 51.2 Å². The Bertz CT molecular complexity index is 624. The molecule has 1 aromatic heterocycles. The van der Waals surface area contributed by atoms with Gasteiger partial charge >= 0.3 is 5.97 Å². The normalized spacial score (nSPS) is 26.9. The monoisotopic (exact) mass is 347 g/mol. The second kappa shape index (κ2) is 7.49. The highest BCUT2D eigenvalue weighted by Crippen LogP contribution is 2.43. The summed E-state index contributed by atoms with van der Waals surface area (Å²) in [5, 5.41) is 9.94. The van der Waals surface area contributed by atoms with Crippen molar-refractivity contribution in [1.82, 2.24) is 14.8 Å². The maximum atomic E-state index is 12.8. The lowest BCUT2D eigenvalue weighted by Crippen LogP contribution is -2.42. The van der Waals surface area contributed by atoms with Gasteiger partial charge in [0, 0.05) is 63.7 Å². The Kier molecular flexibility index (Phi) is 5.34. The molecule has 1 N–H and O–H groups in total. The van der Waals surface area contributed by atoms with E-state index >= 15 is 0 Å². The number of pyridine rings is 1. The van der Waals surface area contributed by atoms with Crippen LogP contribution in [0.3, 0.4) is 0 Å². The first kappa shape index (κ1) is 17.8. The highest BCUT2D eigenvalue weighted by Gasteiger charge is 2.53. The average Bonchev–Trinajstić information content (AvgIpc) is 2.88. The second-order valence-electron chi connectivity index (χ2n) is 6.98. The minimum atomic E-state index is -0.763. The van der Waals surface area contributed by atoms with Crippen molar-refractivity contribution in [2.75, 3.05) is 46.4 Å². The molecule has 0 aromatic carbocycles. The molecular formula is C18H25N3O4. The van der Waals surface area contributed by atoms with Gasteiger partial charge in [0.25, 0.3) is 5.91 Å². The topological polar surface area (TPSA) is 83.0 Å². The Hall–Kier alpha value is -1.99. The quantitative estimate of drug-likeness (QED) is 0.854. The molecule has 2 aliphatic rings. The van der Waals surface area contributed by atoms with Crippen molar-refractivity contribution in [3.63, 3.8) is 0 Å². The number of carboxylic acids is 1. The fourth-order valence-electron chi connectivity index (χ4n) is 4.14. The van der Waals surface area contributed by atoms with Crippen LogP contribution in [0.25, 0.3) is 0 Å². The fraction of sp³-hybridized carbons (Fsp3) is 0.611. The van der Waals surface area contributed by atoms with Gasteiger partial charge in [0.15, 0.2) is 0 Å². The molecule has 2 atom stereocenters. The van der Waals surface area contributed by atoms with Crippen LogP contribution in [0.2, 0.25) is 0 Å². The first-order valence-electron chi connectivity index (χ1n) is 8.71. The van der Waals surface area contributed by atoms with Crippen molar-refractivity contribution in [2.45, 2.75) is 12.8 Å². The number of carboxylic acid groups (broad SMARTS) is 1. The Labute approximate surface area is 147 Å². The predicted octanol–water partition coefficient (Wildman–Crippen LogP) is 0.967. The van der Waals surface area contributed by atoms with Gasteiger partial charge in [-0.3, -0.25) is 19.5 Å². The molecule has 0 radical (unpaired) electrons. The number of methoxy groups -OCH3 is 1. The molecule has 25 heavy (non-hydrogen) atoms. The minimum absolute atomic E-state index is 0.0427. The lowest BCUT2D eigenvalue weighted by molar-refractivity contribution is -0.151. The SMILES string of the molecule is COCCN1C[C@@H]2CN(C(=O)c3ccncc3)CCC[C@]2(C(=O)O)C1. The van der Waals surface area contributed by atoms with E-state index in [1.807, 2.05) is 4.90 Å². The van der Waals surface area contributed by atoms with Crippen molar-refractivity contribution in [1.29, 1.82) is 0 Å². The molecule has 3 heterocycles. The summed E-state index contributed by atoms with van der Waals surface area (Å²) >= 11 is 0. The van der Waals surface area contributed by atoms with Gasteiger partial charge in [-0.2, -0.15) is 0 Å². The van der Waals surface area contributed by atoms with Crippen LogP contribution in [-0.4, -0.2) is 78.2 Å². The van der Waals surface area contributed by atoms with Crippen molar-refractivity contribution < 1.29 is 19.4 Å². The summed E-state index contributed by atoms with van der Waals surface area (Å²) in [6.07, 6.45) is 4.53. The summed E-state index contributed by atoms with van der Waals surface area (Å²) in [5.41, 5.74) is -0.159. The van der Waals surface area contributed by atoms with Gasteiger partial charge in [-0.1, -0.05) is 0 Å². The third kappa shape index (κ3) is 3.52. The summed E-state index contributed by atoms with van der Waals surface area (Å²) < 4.78 is 5.13. The number of nitrogens with zero attached hydrogens (tertiary/aromatic N) is 3. The van der Waals surface area contributed by atoms with Crippen molar-refractivity contribution in [2.24, 2.45) is 11.3 Å². The third-order valence-electron chi connectivity index (χ3n) is 5.51. The molecule has 0 bridgehead atoms. The molecule has 2 saturated heterocycles. The summed E-state index contributed by atoms with van der Waals surface area (Å²) in [6, 6.07) is 3.41. The van der Waals surface area contributed by atoms with Crippen LogP contribution in [0.4, 0.5) is 0 Å². The molecular weight excluding hydrogens is 322 g/mol. The zero-order valence-electron chi connectivity index (χ0n) is 14.6. The number of fused-ring (bicyclic) bond motifs is 1. The summed E-state index contributed by atoms with van der Waals surface area (Å²) in [7, 11) is 1.65. The lowest BCUT2D eigenvalue weighted by Gasteiger charge is -2.29. The Morgan fingerprint density at radius 3 is 2.80 bits per heavy atom. The molecule has 2 aliphatic heterocycles. The van der Waals surface area contributed by atoms with Crippen molar-refractivity contribution >= 4 is 11.9 Å². The number of amides is 1. The number of likely N-dealkylation sites (tertiary alicyclic amines) is 2. The summed E-state index contributed by atoms with van der Waals surface area (Å²) in [4.78, 5) is 32.8. The summed E-state index contributed by atoms with van der Waals surface area (Å²) in [5.74, 6) is -0.843. The van der Waals surface area contributed by atoms with E-state index in [1.54, 1.807) is 31.6 Å². The van der Waals surface area contributed by atoms with E-state index in [-0.39, 0.29) is 11.8 Å². The Morgan fingerprint density at radius 1 is 1.36 bits per heavy atom. The number of ether oxygens (including phenoxy) is 1. The van der Waals surface area contributed by atoms with Gasteiger partial charge in [0.1, 0.15) is 0 Å². The smallest absolute Gasteiger partial charge is 0.311 e. The Morgan fingerprint density at radius 2 is 2.12 bits per heavy atom. The van der Waals surface area contributed by atoms with Gasteiger partial charge < -0.3 is 14.7 Å². The lowest BCUT2D eigenvalue weighted by atomic mass is 9.75. The van der Waals surface area contributed by atoms with Gasteiger partial charge in [0.05, 0.1) is 12.0 Å². The van der Waals surface area contributed by atoms with E-state index in [9.17, 15) is 14.7 Å². The van der Waals surface area contributed by atoms with Gasteiger partial charge in [-0.25, -0.2) is 0 Å². The van der Waals surface area contributed by atoms with E-state index < -0.39 is 11.4 Å². The zero-order valence-corrected chi connectivity index (χ0v) is 14.6. The van der Waals surface area contributed by atoms with Crippen molar-refractivity contribution in [3.05, 3.63) is 30.1 Å². The number of carbonyl (C=O) groups is 2. The molecule has 0 unspecified atom stereocenters. The zero-order chi connectivity index (χ0) is 17.9. The maximum absolute atomic E-state index is 12.8. The van der Waals surface area contributed by atoms with Crippen LogP contribution in [-0.2, 0) is 9.53 Å². The van der Waals surface area contributed by atoms with Crippen LogP contribution in [0, 0.1) is 11.3 Å². The highest BCUT2D eigenvalue weighted by molar-refractivity contribution is 5.94. The summed E-state index contributed by atoms with van der Waals surface area (Å²) in [6.45, 7) is 3.62. The number of rotatable bonds is 5. The van der Waals surface area contributed by atoms with E-state index in [0.717, 1.165) is 6.54 Å². The molecule has 7 heteroatoms. The van der Waals surface area contributed by atoms with E-state index in [4.69, 9.17) is 4.74 Å². The molecule has 2 fully saturated rings. The number of hydrogen-bond acceptors (Lipinski definition) is 5. The molecule has 0 saturated carbocycles. The maximum Gasteiger partial charge on any atom is 0.311 e. The van der Waals surface area contributed by atoms with Crippen LogP contribution in [0.1, 0.15) is 23.2 Å². The van der Waals surface area contributed by atoms with Crippen LogP contribution in [0.5, 0.6) is 0 Å². The van der Waals surface area contributed by atoms with Crippen LogP contribution in [0.15, 0.2) is 24.5 Å². The fourth-order valence-corrected chi connectivity index (χ4v) is 4.14. The number of carbonyl (C=O) groups excluding carboxylic acids is 1. The van der Waals surface area contributed by atoms with Crippen LogP contribution < -0.4 is 0 Å². The highest BCUT2D eigenvalue weighted by atomic mass is 16.5. The number of aliphatic carboxylic acids is 1.